The van der Waals surface area contributed by atoms with Gasteiger partial charge in [-0.05, 0) is 165 Å². The van der Waals surface area contributed by atoms with Crippen molar-refractivity contribution in [1.82, 2.24) is 0 Å². The predicted octanol–water partition coefficient (Wildman–Crippen LogP) is 35.6. The van der Waals surface area contributed by atoms with Crippen LogP contribution in [0.1, 0.15) is 489 Å². The van der Waals surface area contributed by atoms with E-state index in [0.717, 1.165) is 101 Å². The van der Waals surface area contributed by atoms with E-state index in [1.807, 2.05) is 27.7 Å². The molecule has 0 amide bonds. The molecular formula is C96H204. The molecule has 9 aliphatic carbocycles. The van der Waals surface area contributed by atoms with Gasteiger partial charge in [0, 0.05) is 0 Å². The van der Waals surface area contributed by atoms with Crippen LogP contribution < -0.4 is 0 Å². The lowest BCUT2D eigenvalue weighted by atomic mass is 9.74. The van der Waals surface area contributed by atoms with Crippen molar-refractivity contribution < 1.29 is 0 Å². The Morgan fingerprint density at radius 3 is 0.677 bits per heavy atom. The molecule has 9 atom stereocenters. The zero-order valence-corrected chi connectivity index (χ0v) is 76.4. The van der Waals surface area contributed by atoms with Crippen molar-refractivity contribution in [2.24, 2.45) is 133 Å². The molecule has 0 aromatic carbocycles. The third-order valence-corrected chi connectivity index (χ3v) is 25.4. The van der Waals surface area contributed by atoms with Crippen molar-refractivity contribution in [3.63, 3.8) is 0 Å². The Morgan fingerprint density at radius 2 is 0.542 bits per heavy atom. The molecule has 0 heterocycles. The molecular weight excluding hydrogens is 1150 g/mol. The van der Waals surface area contributed by atoms with Crippen molar-refractivity contribution in [2.45, 2.75) is 489 Å². The van der Waals surface area contributed by atoms with Crippen molar-refractivity contribution in [2.75, 3.05) is 0 Å². The van der Waals surface area contributed by atoms with Crippen LogP contribution >= 0.6 is 0 Å². The molecule has 96 heavy (non-hydrogen) atoms. The molecule has 0 spiro atoms. The van der Waals surface area contributed by atoms with Crippen molar-refractivity contribution in [3.05, 3.63) is 0 Å². The highest BCUT2D eigenvalue weighted by molar-refractivity contribution is 4.93. The number of hydrogen-bond donors (Lipinski definition) is 0. The third kappa shape index (κ3) is 64.8. The van der Waals surface area contributed by atoms with Crippen LogP contribution in [0.15, 0.2) is 0 Å². The summed E-state index contributed by atoms with van der Waals surface area (Å²) in [5.74, 6) is 16.6. The maximum Gasteiger partial charge on any atom is -0.0323 e. The van der Waals surface area contributed by atoms with Gasteiger partial charge in [0.15, 0.2) is 0 Å². The van der Waals surface area contributed by atoms with Gasteiger partial charge in [0.1, 0.15) is 0 Å². The van der Waals surface area contributed by atoms with Gasteiger partial charge in [-0.15, -0.1) is 0 Å². The Morgan fingerprint density at radius 1 is 0.302 bits per heavy atom. The van der Waals surface area contributed by atoms with Gasteiger partial charge in [0.05, 0.1) is 0 Å². The van der Waals surface area contributed by atoms with Gasteiger partial charge in [-0.3, -0.25) is 0 Å². The fourth-order valence-electron chi connectivity index (χ4n) is 13.9. The second-order valence-electron chi connectivity index (χ2n) is 41.2. The van der Waals surface area contributed by atoms with E-state index in [9.17, 15) is 0 Å². The smallest absolute Gasteiger partial charge is 0.0323 e. The second kappa shape index (κ2) is 59.3. The van der Waals surface area contributed by atoms with Gasteiger partial charge in [-0.2, -0.15) is 0 Å². The van der Waals surface area contributed by atoms with E-state index in [1.165, 1.54) is 205 Å². The molecule has 0 radical (unpaired) electrons. The minimum absolute atomic E-state index is 0.500. The molecule has 9 rings (SSSR count). The minimum Gasteiger partial charge on any atom is -0.0683 e. The molecule has 588 valence electrons. The van der Waals surface area contributed by atoms with E-state index < -0.39 is 0 Å². The summed E-state index contributed by atoms with van der Waals surface area (Å²) >= 11 is 0. The van der Waals surface area contributed by atoms with Crippen LogP contribution in [0.25, 0.3) is 0 Å². The molecule has 0 aromatic heterocycles. The Hall–Kier alpha value is 0. The third-order valence-electron chi connectivity index (χ3n) is 25.4. The van der Waals surface area contributed by atoms with Gasteiger partial charge in [-0.25, -0.2) is 0 Å². The Balaban J connectivity index is -0.000000229. The van der Waals surface area contributed by atoms with Crippen LogP contribution in [0.3, 0.4) is 0 Å². The molecule has 9 aliphatic rings. The zero-order chi connectivity index (χ0) is 76.4. The van der Waals surface area contributed by atoms with E-state index >= 15 is 0 Å². The summed E-state index contributed by atoms with van der Waals surface area (Å²) in [6.45, 7) is 93.5. The first-order chi connectivity index (χ1) is 44.0. The largest absolute Gasteiger partial charge is 0.0683 e. The zero-order valence-electron chi connectivity index (χ0n) is 76.4. The topological polar surface area (TPSA) is 0 Å². The summed E-state index contributed by atoms with van der Waals surface area (Å²) < 4.78 is 0. The highest BCUT2D eigenvalue weighted by Gasteiger charge is 2.43. The highest BCUT2D eigenvalue weighted by Crippen LogP contribution is 2.53. The molecule has 0 N–H and O–H groups in total. The highest BCUT2D eigenvalue weighted by atomic mass is 14.5. The Kier molecular flexibility index (Phi) is 66.0. The van der Waals surface area contributed by atoms with Crippen LogP contribution in [-0.4, -0.2) is 0 Å². The van der Waals surface area contributed by atoms with E-state index in [0.29, 0.717) is 32.5 Å². The van der Waals surface area contributed by atoms with E-state index in [1.54, 1.807) is 0 Å². The van der Waals surface area contributed by atoms with Gasteiger partial charge in [0.25, 0.3) is 0 Å². The summed E-state index contributed by atoms with van der Waals surface area (Å²) in [6.07, 6.45) is 46.5. The summed E-state index contributed by atoms with van der Waals surface area (Å²) in [5.41, 5.74) is 3.53. The standard InChI is InChI=1S/C10H20.2C9H18.3C8H16.2C7H14.C6H12.C6H14.2C5H12.C4H10.2C2H6/c1-8-9(2,3)6-7-10(8,4)5;1-8-4-6-9(2,3)7-5-8;1-7-5-4-6-8(2)9(7)3;1-7-5-4-6-8(7,2)3;1-6-4-5-7(2)8(6)3;1-7-5-3-4-6-8(7)2;1-6-4-3-5-7(6)2;1-7-5-3-2-4-6-7;1-6-4-2-3-5-6;1-5-6(2,3)4;1-5(2,3)4;1-4-5(2)3;1-4(2)3;2*1-2/h8H,6-7H2,1-5H3;8H,4-7H2,1-3H3;7-9H,4-6H2,1-3H3;7H,4-6H2,1-3H3;6-8H,4-5H2,1-3H3;7-8H,3-6H2,1-2H3;6-7H,3-5H2,1-2H3;7H,2-6H2,1H3;6H,2-5H2,1H3;5H2,1-4H3;1-4H3;5H,4H2,1-3H3;4H,1-3H3;2*1-2H3/t;;;7-;;7-,8?;6-,7?;;;;;;;;/m...1.11......../s1. The number of rotatable bonds is 1. The van der Waals surface area contributed by atoms with Crippen LogP contribution in [0.2, 0.25) is 0 Å². The summed E-state index contributed by atoms with van der Waals surface area (Å²) in [5, 5.41) is 0. The first-order valence-corrected chi connectivity index (χ1v) is 44.0. The van der Waals surface area contributed by atoms with E-state index in [2.05, 4.69) is 256 Å². The average Bonchev–Trinajstić information content (AvgIpc) is 2.06. The van der Waals surface area contributed by atoms with Crippen molar-refractivity contribution >= 4 is 0 Å². The summed E-state index contributed by atoms with van der Waals surface area (Å²) in [7, 11) is 0. The maximum atomic E-state index is 2.40. The molecule has 0 saturated heterocycles. The van der Waals surface area contributed by atoms with Gasteiger partial charge >= 0.3 is 0 Å². The lowest BCUT2D eigenvalue weighted by Gasteiger charge is -2.32. The van der Waals surface area contributed by atoms with Crippen molar-refractivity contribution in [1.29, 1.82) is 0 Å². The minimum atomic E-state index is 0.500. The van der Waals surface area contributed by atoms with Gasteiger partial charge in [-0.1, -0.05) is 457 Å². The fraction of sp³-hybridized carbons (Fsp3) is 1.00. The second-order valence-corrected chi connectivity index (χ2v) is 41.2. The SMILES string of the molecule is CC.CC.CC(C)(C)C.CC(C)C.CC1C(C)(C)CCC1(C)C.CC1CCC(C)(C)CC1.CC1CCC(C)C1C.CC1CCCC(C)C1C.CC1CCCC1.CC1CCCCC1.CC1CCCC[C@H]1C.CC1CCC[C@H]1C.CCC(C)(C)C.CCC(C)C.C[C@@H]1CCCC1(C)C. The molecule has 9 fully saturated rings. The average molecular weight is 1360 g/mol. The van der Waals surface area contributed by atoms with Gasteiger partial charge < -0.3 is 0 Å². The van der Waals surface area contributed by atoms with E-state index in [4.69, 9.17) is 0 Å². The van der Waals surface area contributed by atoms with Crippen LogP contribution in [0.5, 0.6) is 0 Å². The lowest BCUT2D eigenvalue weighted by Crippen LogP contribution is -2.24. The normalized spacial score (nSPS) is 29.2. The Labute approximate surface area is 618 Å². The molecule has 0 nitrogen and oxygen atoms in total. The molecule has 0 bridgehead atoms. The fourth-order valence-corrected chi connectivity index (χ4v) is 13.9. The first kappa shape index (κ1) is 107. The van der Waals surface area contributed by atoms with E-state index in [-0.39, 0.29) is 0 Å². The quantitative estimate of drug-likeness (QED) is 0.245. The van der Waals surface area contributed by atoms with Crippen LogP contribution in [0.4, 0.5) is 0 Å². The predicted molar refractivity (Wildman–Crippen MR) is 454 cm³/mol. The maximum absolute atomic E-state index is 2.40. The van der Waals surface area contributed by atoms with Gasteiger partial charge in [0.2, 0.25) is 0 Å². The lowest BCUT2D eigenvalue weighted by molar-refractivity contribution is 0.179. The Bertz CT molecular complexity index is 1510. The van der Waals surface area contributed by atoms with Crippen LogP contribution in [0, 0.1) is 133 Å². The first-order valence-electron chi connectivity index (χ1n) is 44.0. The molecule has 9 saturated carbocycles. The molecule has 6 unspecified atom stereocenters. The number of hydrogen-bond acceptors (Lipinski definition) is 0. The molecule has 0 aromatic rings. The monoisotopic (exact) mass is 1360 g/mol. The van der Waals surface area contributed by atoms with Crippen molar-refractivity contribution in [3.8, 4) is 0 Å². The summed E-state index contributed by atoms with van der Waals surface area (Å²) in [6, 6.07) is 0. The molecule has 0 aliphatic heterocycles. The van der Waals surface area contributed by atoms with Crippen LogP contribution in [-0.2, 0) is 0 Å². The summed E-state index contributed by atoms with van der Waals surface area (Å²) in [4.78, 5) is 0. The molecule has 0 heteroatoms.